The minimum absolute atomic E-state index is 0.0313. The van der Waals surface area contributed by atoms with Gasteiger partial charge >= 0.3 is 0 Å². The van der Waals surface area contributed by atoms with E-state index in [2.05, 4.69) is 17.5 Å². The Kier molecular flexibility index (Phi) is 4.04. The van der Waals surface area contributed by atoms with Crippen molar-refractivity contribution >= 4 is 5.91 Å². The van der Waals surface area contributed by atoms with Gasteiger partial charge in [0.25, 0.3) is 0 Å². The summed E-state index contributed by atoms with van der Waals surface area (Å²) in [7, 11) is 0. The van der Waals surface area contributed by atoms with Crippen LogP contribution >= 0.6 is 0 Å². The van der Waals surface area contributed by atoms with Crippen molar-refractivity contribution in [2.24, 2.45) is 5.92 Å². The van der Waals surface area contributed by atoms with E-state index in [1.807, 2.05) is 6.07 Å². The highest BCUT2D eigenvalue weighted by molar-refractivity contribution is 5.77. The smallest absolute Gasteiger partial charge is 0.234 e. The van der Waals surface area contributed by atoms with Crippen molar-refractivity contribution in [3.05, 3.63) is 12.2 Å². The van der Waals surface area contributed by atoms with Gasteiger partial charge in [-0.25, -0.2) is 0 Å². The molecule has 0 saturated carbocycles. The molecule has 0 spiro atoms. The molecule has 0 fully saturated rings. The maximum absolute atomic E-state index is 10.9. The van der Waals surface area contributed by atoms with Crippen LogP contribution in [-0.4, -0.2) is 12.5 Å². The van der Waals surface area contributed by atoms with Crippen LogP contribution in [0.5, 0.6) is 0 Å². The average Bonchev–Trinajstić information content (AvgIpc) is 2.17. The number of rotatable bonds is 3. The van der Waals surface area contributed by atoms with E-state index in [4.69, 9.17) is 5.26 Å². The highest BCUT2D eigenvalue weighted by Crippen LogP contribution is 2.15. The van der Waals surface area contributed by atoms with Crippen molar-refractivity contribution in [2.75, 3.05) is 6.54 Å². The summed E-state index contributed by atoms with van der Waals surface area (Å²) in [5.41, 5.74) is 0. The predicted molar refractivity (Wildman–Crippen MR) is 49.7 cm³/mol. The van der Waals surface area contributed by atoms with Crippen molar-refractivity contribution < 1.29 is 4.79 Å². The fourth-order valence-electron chi connectivity index (χ4n) is 1.43. The molecule has 1 aliphatic carbocycles. The zero-order chi connectivity index (χ0) is 9.52. The maximum atomic E-state index is 10.9. The zero-order valence-electron chi connectivity index (χ0n) is 7.62. The van der Waals surface area contributed by atoms with Crippen molar-refractivity contribution in [1.82, 2.24) is 5.32 Å². The van der Waals surface area contributed by atoms with E-state index in [1.54, 1.807) is 0 Å². The minimum Gasteiger partial charge on any atom is -0.355 e. The number of allylic oxidation sites excluding steroid dienone is 1. The second kappa shape index (κ2) is 5.36. The molecule has 0 heterocycles. The lowest BCUT2D eigenvalue weighted by Crippen LogP contribution is -2.28. The van der Waals surface area contributed by atoms with Gasteiger partial charge in [-0.15, -0.1) is 0 Å². The number of hydrogen-bond acceptors (Lipinski definition) is 2. The van der Waals surface area contributed by atoms with E-state index in [1.165, 1.54) is 6.42 Å². The van der Waals surface area contributed by atoms with Gasteiger partial charge in [0.1, 0.15) is 6.42 Å². The Labute approximate surface area is 78.4 Å². The molecule has 0 aliphatic heterocycles. The molecule has 13 heavy (non-hydrogen) atoms. The molecule has 1 atom stereocenters. The van der Waals surface area contributed by atoms with Crippen LogP contribution in [0, 0.1) is 17.2 Å². The number of carbonyl (C=O) groups is 1. The molecule has 1 unspecified atom stereocenters. The van der Waals surface area contributed by atoms with E-state index >= 15 is 0 Å². The normalized spacial score (nSPS) is 20.7. The average molecular weight is 178 g/mol. The predicted octanol–water partition coefficient (Wildman–Crippen LogP) is 1.37. The minimum atomic E-state index is -0.165. The molecule has 1 amide bonds. The van der Waals surface area contributed by atoms with Gasteiger partial charge in [0.05, 0.1) is 6.07 Å². The molecule has 0 bridgehead atoms. The first kappa shape index (κ1) is 9.79. The van der Waals surface area contributed by atoms with Crippen molar-refractivity contribution in [1.29, 1.82) is 5.26 Å². The molecular formula is C10H14N2O. The summed E-state index contributed by atoms with van der Waals surface area (Å²) < 4.78 is 0. The highest BCUT2D eigenvalue weighted by Gasteiger charge is 2.09. The Morgan fingerprint density at radius 1 is 1.69 bits per heavy atom. The topological polar surface area (TPSA) is 52.9 Å². The third-order valence-electron chi connectivity index (χ3n) is 2.15. The molecule has 3 heteroatoms. The summed E-state index contributed by atoms with van der Waals surface area (Å²) >= 11 is 0. The highest BCUT2D eigenvalue weighted by atomic mass is 16.1. The van der Waals surface area contributed by atoms with Gasteiger partial charge in [-0.3, -0.25) is 4.79 Å². The monoisotopic (exact) mass is 178 g/mol. The molecule has 0 aromatic carbocycles. The summed E-state index contributed by atoms with van der Waals surface area (Å²) in [5.74, 6) is 0.304. The number of amides is 1. The van der Waals surface area contributed by atoms with Gasteiger partial charge in [0, 0.05) is 6.54 Å². The lowest BCUT2D eigenvalue weighted by atomic mass is 9.96. The second-order valence-electron chi connectivity index (χ2n) is 3.26. The Morgan fingerprint density at radius 3 is 3.15 bits per heavy atom. The SMILES string of the molecule is N#CCC(=O)NCC1C=CCCC1. The van der Waals surface area contributed by atoms with Crippen molar-refractivity contribution in [3.63, 3.8) is 0 Å². The molecule has 3 nitrogen and oxygen atoms in total. The molecule has 0 aromatic rings. The van der Waals surface area contributed by atoms with Crippen LogP contribution in [0.15, 0.2) is 12.2 Å². The van der Waals surface area contributed by atoms with Gasteiger partial charge in [-0.05, 0) is 25.2 Å². The van der Waals surface area contributed by atoms with Crippen molar-refractivity contribution in [3.8, 4) is 6.07 Å². The van der Waals surface area contributed by atoms with Crippen LogP contribution in [-0.2, 0) is 4.79 Å². The molecule has 1 aliphatic rings. The molecule has 1 N–H and O–H groups in total. The van der Waals surface area contributed by atoms with Crippen LogP contribution in [0.1, 0.15) is 25.7 Å². The number of hydrogen-bond donors (Lipinski definition) is 1. The Bertz CT molecular complexity index is 240. The fraction of sp³-hybridized carbons (Fsp3) is 0.600. The number of nitrogens with one attached hydrogen (secondary N) is 1. The quantitative estimate of drug-likeness (QED) is 0.663. The Balaban J connectivity index is 2.18. The number of nitriles is 1. The lowest BCUT2D eigenvalue weighted by Gasteiger charge is -2.16. The van der Waals surface area contributed by atoms with Gasteiger partial charge in [0.15, 0.2) is 0 Å². The van der Waals surface area contributed by atoms with Gasteiger partial charge in [0.2, 0.25) is 5.91 Å². The second-order valence-corrected chi connectivity index (χ2v) is 3.26. The van der Waals surface area contributed by atoms with Gasteiger partial charge in [-0.2, -0.15) is 5.26 Å². The number of carbonyl (C=O) groups excluding carboxylic acids is 1. The first-order valence-corrected chi connectivity index (χ1v) is 4.63. The first-order chi connectivity index (χ1) is 6.33. The van der Waals surface area contributed by atoms with Crippen LogP contribution in [0.4, 0.5) is 0 Å². The summed E-state index contributed by atoms with van der Waals surface area (Å²) in [6.07, 6.45) is 7.78. The summed E-state index contributed by atoms with van der Waals surface area (Å²) in [6, 6.07) is 1.83. The van der Waals surface area contributed by atoms with Crippen LogP contribution in [0.2, 0.25) is 0 Å². The van der Waals surface area contributed by atoms with Gasteiger partial charge in [-0.1, -0.05) is 12.2 Å². The lowest BCUT2D eigenvalue weighted by molar-refractivity contribution is -0.120. The molecule has 0 radical (unpaired) electrons. The van der Waals surface area contributed by atoms with E-state index < -0.39 is 0 Å². The van der Waals surface area contributed by atoms with Crippen LogP contribution in [0.25, 0.3) is 0 Å². The third kappa shape index (κ3) is 3.75. The summed E-state index contributed by atoms with van der Waals surface area (Å²) in [6.45, 7) is 0.678. The number of nitrogens with zero attached hydrogens (tertiary/aromatic N) is 1. The van der Waals surface area contributed by atoms with E-state index in [-0.39, 0.29) is 12.3 Å². The van der Waals surface area contributed by atoms with E-state index in [9.17, 15) is 4.79 Å². The maximum Gasteiger partial charge on any atom is 0.234 e. The summed E-state index contributed by atoms with van der Waals surface area (Å²) in [4.78, 5) is 10.9. The molecule has 0 aromatic heterocycles. The van der Waals surface area contributed by atoms with E-state index in [0.29, 0.717) is 12.5 Å². The molecule has 1 rings (SSSR count). The third-order valence-corrected chi connectivity index (χ3v) is 2.15. The first-order valence-electron chi connectivity index (χ1n) is 4.63. The van der Waals surface area contributed by atoms with Crippen molar-refractivity contribution in [2.45, 2.75) is 25.7 Å². The largest absolute Gasteiger partial charge is 0.355 e. The van der Waals surface area contributed by atoms with E-state index in [0.717, 1.165) is 12.8 Å². The zero-order valence-corrected chi connectivity index (χ0v) is 7.62. The Morgan fingerprint density at radius 2 is 2.54 bits per heavy atom. The standard InChI is InChI=1S/C10H14N2O/c11-7-6-10(13)12-8-9-4-2-1-3-5-9/h2,4,9H,1,3,5-6,8H2,(H,12,13). The summed E-state index contributed by atoms with van der Waals surface area (Å²) in [5, 5.41) is 11.0. The molecule has 70 valence electrons. The van der Waals surface area contributed by atoms with Crippen LogP contribution < -0.4 is 5.32 Å². The van der Waals surface area contributed by atoms with Crippen LogP contribution in [0.3, 0.4) is 0 Å². The fourth-order valence-corrected chi connectivity index (χ4v) is 1.43. The van der Waals surface area contributed by atoms with Gasteiger partial charge < -0.3 is 5.32 Å². The molecular weight excluding hydrogens is 164 g/mol. The molecule has 0 saturated heterocycles. The Hall–Kier alpha value is -1.30.